The van der Waals surface area contributed by atoms with Gasteiger partial charge in [0, 0.05) is 16.1 Å². The molecule has 8 heteroatoms. The highest BCUT2D eigenvalue weighted by Gasteiger charge is 2.18. The molecule has 1 N–H and O–H groups in total. The maximum atomic E-state index is 12.4. The molecule has 24 heavy (non-hydrogen) atoms. The maximum absolute atomic E-state index is 12.4. The fourth-order valence-electron chi connectivity index (χ4n) is 1.92. The number of halogens is 1. The summed E-state index contributed by atoms with van der Waals surface area (Å²) in [6.07, 6.45) is -0.0942. The van der Waals surface area contributed by atoms with E-state index in [-0.39, 0.29) is 17.8 Å². The largest absolute Gasteiger partial charge is 0.469 e. The summed E-state index contributed by atoms with van der Waals surface area (Å²) in [5, 5.41) is -0.151. The predicted molar refractivity (Wildman–Crippen MR) is 94.4 cm³/mol. The van der Waals surface area contributed by atoms with Crippen molar-refractivity contribution in [2.45, 2.75) is 23.8 Å². The van der Waals surface area contributed by atoms with Crippen LogP contribution >= 0.6 is 27.7 Å². The summed E-state index contributed by atoms with van der Waals surface area (Å²) in [4.78, 5) is 42.2. The van der Waals surface area contributed by atoms with Crippen LogP contribution in [-0.2, 0) is 16.0 Å². The molecule has 2 rings (SSSR count). The maximum Gasteiger partial charge on any atom is 0.311 e. The number of benzene rings is 1. The van der Waals surface area contributed by atoms with E-state index in [1.54, 1.807) is 31.2 Å². The van der Waals surface area contributed by atoms with Crippen molar-refractivity contribution in [2.24, 2.45) is 0 Å². The van der Waals surface area contributed by atoms with Crippen LogP contribution in [0.25, 0.3) is 0 Å². The van der Waals surface area contributed by atoms with Crippen molar-refractivity contribution < 1.29 is 14.3 Å². The van der Waals surface area contributed by atoms with Gasteiger partial charge in [-0.2, -0.15) is 0 Å². The van der Waals surface area contributed by atoms with Gasteiger partial charge >= 0.3 is 5.97 Å². The van der Waals surface area contributed by atoms with Crippen molar-refractivity contribution in [2.75, 3.05) is 7.11 Å². The molecule has 6 nitrogen and oxygen atoms in total. The number of aromatic amines is 1. The number of hydrogen-bond donors (Lipinski definition) is 1. The van der Waals surface area contributed by atoms with Crippen molar-refractivity contribution in [1.82, 2.24) is 9.97 Å². The number of aromatic nitrogens is 2. The summed E-state index contributed by atoms with van der Waals surface area (Å²) in [6, 6.07) is 8.28. The monoisotopic (exact) mass is 410 g/mol. The zero-order valence-corrected chi connectivity index (χ0v) is 15.4. The van der Waals surface area contributed by atoms with Crippen LogP contribution in [0, 0.1) is 0 Å². The van der Waals surface area contributed by atoms with Gasteiger partial charge in [0.2, 0.25) is 0 Å². The molecule has 0 spiro atoms. The van der Waals surface area contributed by atoms with Gasteiger partial charge < -0.3 is 9.72 Å². The second-order valence-electron chi connectivity index (χ2n) is 4.93. The minimum atomic E-state index is -0.483. The number of H-pyrrole nitrogens is 1. The van der Waals surface area contributed by atoms with Gasteiger partial charge in [0.05, 0.1) is 24.5 Å². The van der Waals surface area contributed by atoms with E-state index in [2.05, 4.69) is 30.6 Å². The second kappa shape index (κ2) is 8.25. The van der Waals surface area contributed by atoms with E-state index < -0.39 is 11.2 Å². The Morgan fingerprint density at radius 3 is 2.62 bits per heavy atom. The van der Waals surface area contributed by atoms with Crippen molar-refractivity contribution >= 4 is 39.4 Å². The minimum absolute atomic E-state index is 0.0754. The highest BCUT2D eigenvalue weighted by Crippen LogP contribution is 2.23. The van der Waals surface area contributed by atoms with Crippen LogP contribution in [-0.4, -0.2) is 34.1 Å². The Morgan fingerprint density at radius 2 is 2.00 bits per heavy atom. The van der Waals surface area contributed by atoms with E-state index in [4.69, 9.17) is 0 Å². The molecule has 1 aromatic carbocycles. The standard InChI is InChI=1S/C16H15BrN2O4S/c1-9(15(22)10-3-5-11(17)6-4-10)24-16-18-12(7-13(20)19-16)8-14(21)23-2/h3-7,9H,8H2,1-2H3,(H,18,19,20)/t9-/m1/s1. The first-order valence-electron chi connectivity index (χ1n) is 7.02. The van der Waals surface area contributed by atoms with E-state index in [9.17, 15) is 14.4 Å². The molecule has 0 aliphatic carbocycles. The number of ketones is 1. The fraction of sp³-hybridized carbons (Fsp3) is 0.250. The summed E-state index contributed by atoms with van der Waals surface area (Å²) >= 11 is 4.46. The Labute approximate surface area is 151 Å². The summed E-state index contributed by atoms with van der Waals surface area (Å²) in [5.41, 5.74) is 0.498. The molecule has 0 fully saturated rings. The van der Waals surface area contributed by atoms with Crippen LogP contribution in [0.3, 0.4) is 0 Å². The molecule has 0 radical (unpaired) electrons. The Hall–Kier alpha value is -1.93. The normalized spacial score (nSPS) is 11.8. The van der Waals surface area contributed by atoms with E-state index in [1.807, 2.05) is 0 Å². The Bertz CT molecular complexity index is 804. The topological polar surface area (TPSA) is 89.1 Å². The summed E-state index contributed by atoms with van der Waals surface area (Å²) in [6.45, 7) is 1.74. The number of thioether (sulfide) groups is 1. The zero-order valence-electron chi connectivity index (χ0n) is 13.0. The van der Waals surface area contributed by atoms with Crippen molar-refractivity contribution in [1.29, 1.82) is 0 Å². The fourth-order valence-corrected chi connectivity index (χ4v) is 3.09. The first-order chi connectivity index (χ1) is 11.4. The van der Waals surface area contributed by atoms with E-state index >= 15 is 0 Å². The summed E-state index contributed by atoms with van der Waals surface area (Å²) in [7, 11) is 1.27. The molecule has 0 amide bonds. The van der Waals surface area contributed by atoms with E-state index in [0.29, 0.717) is 16.4 Å². The van der Waals surface area contributed by atoms with Crippen LogP contribution in [0.15, 0.2) is 44.8 Å². The van der Waals surface area contributed by atoms with Gasteiger partial charge in [0.1, 0.15) is 0 Å². The number of hydrogen-bond acceptors (Lipinski definition) is 6. The predicted octanol–water partition coefficient (Wildman–Crippen LogP) is 2.61. The van der Waals surface area contributed by atoms with Gasteiger partial charge in [0.25, 0.3) is 5.56 Å². The number of nitrogens with one attached hydrogen (secondary N) is 1. The number of Topliss-reactive ketones (excluding diaryl/α,β-unsaturated/α-hetero) is 1. The van der Waals surface area contributed by atoms with Crippen molar-refractivity contribution in [3.63, 3.8) is 0 Å². The molecule has 0 aliphatic heterocycles. The van der Waals surface area contributed by atoms with Gasteiger partial charge in [0.15, 0.2) is 10.9 Å². The lowest BCUT2D eigenvalue weighted by molar-refractivity contribution is -0.139. The lowest BCUT2D eigenvalue weighted by Crippen LogP contribution is -2.17. The molecule has 0 saturated heterocycles. The summed E-state index contributed by atoms with van der Waals surface area (Å²) < 4.78 is 5.45. The molecule has 1 heterocycles. The molecule has 1 aromatic heterocycles. The number of carbonyl (C=O) groups is 2. The molecular formula is C16H15BrN2O4S. The van der Waals surface area contributed by atoms with Gasteiger partial charge in [-0.25, -0.2) is 4.98 Å². The van der Waals surface area contributed by atoms with Crippen LogP contribution in [0.1, 0.15) is 23.0 Å². The highest BCUT2D eigenvalue weighted by molar-refractivity contribution is 9.10. The van der Waals surface area contributed by atoms with Crippen LogP contribution < -0.4 is 5.56 Å². The SMILES string of the molecule is COC(=O)Cc1cc(=O)[nH]c(S[C@H](C)C(=O)c2ccc(Br)cc2)n1. The van der Waals surface area contributed by atoms with Crippen LogP contribution in [0.2, 0.25) is 0 Å². The van der Waals surface area contributed by atoms with Crippen molar-refractivity contribution in [3.05, 3.63) is 56.4 Å². The average molecular weight is 411 g/mol. The third kappa shape index (κ3) is 5.04. The number of nitrogens with zero attached hydrogens (tertiary/aromatic N) is 1. The molecular weight excluding hydrogens is 396 g/mol. The first kappa shape index (κ1) is 18.4. The molecule has 0 bridgehead atoms. The molecule has 1 atom stereocenters. The molecule has 0 saturated carbocycles. The quantitative estimate of drug-likeness (QED) is 0.340. The smallest absolute Gasteiger partial charge is 0.311 e. The van der Waals surface area contributed by atoms with Crippen LogP contribution in [0.5, 0.6) is 0 Å². The van der Waals surface area contributed by atoms with E-state index in [1.165, 1.54) is 13.2 Å². The average Bonchev–Trinajstić information content (AvgIpc) is 2.54. The number of carbonyl (C=O) groups excluding carboxylic acids is 2. The lowest BCUT2D eigenvalue weighted by Gasteiger charge is -2.10. The molecule has 0 aliphatic rings. The molecule has 0 unspecified atom stereocenters. The first-order valence-corrected chi connectivity index (χ1v) is 8.70. The third-order valence-electron chi connectivity index (χ3n) is 3.11. The lowest BCUT2D eigenvalue weighted by atomic mass is 10.1. The second-order valence-corrected chi connectivity index (χ2v) is 7.17. The van der Waals surface area contributed by atoms with Gasteiger partial charge in [-0.3, -0.25) is 14.4 Å². The van der Waals surface area contributed by atoms with Crippen LogP contribution in [0.4, 0.5) is 0 Å². The number of rotatable bonds is 6. The van der Waals surface area contributed by atoms with Crippen molar-refractivity contribution in [3.8, 4) is 0 Å². The van der Waals surface area contributed by atoms with Gasteiger partial charge in [-0.05, 0) is 19.1 Å². The Kier molecular flexibility index (Phi) is 6.33. The van der Waals surface area contributed by atoms with Gasteiger partial charge in [-0.1, -0.05) is 39.8 Å². The number of esters is 1. The molecule has 2 aromatic rings. The Morgan fingerprint density at radius 1 is 1.33 bits per heavy atom. The third-order valence-corrected chi connectivity index (χ3v) is 4.63. The molecule has 126 valence electrons. The summed E-state index contributed by atoms with van der Waals surface area (Å²) in [5.74, 6) is -0.559. The van der Waals surface area contributed by atoms with Gasteiger partial charge in [-0.15, -0.1) is 0 Å². The van der Waals surface area contributed by atoms with E-state index in [0.717, 1.165) is 16.2 Å². The Balaban J connectivity index is 2.14. The highest BCUT2D eigenvalue weighted by atomic mass is 79.9. The number of methoxy groups -OCH3 is 1. The number of ether oxygens (including phenoxy) is 1. The zero-order chi connectivity index (χ0) is 17.7. The minimum Gasteiger partial charge on any atom is -0.469 e.